The number of nitrogens with zero attached hydrogens (tertiary/aromatic N) is 4. The highest BCUT2D eigenvalue weighted by atomic mass is 32.2. The number of methoxy groups -OCH3 is 1. The second-order valence-corrected chi connectivity index (χ2v) is 10.4. The van der Waals surface area contributed by atoms with Gasteiger partial charge in [0.05, 0.1) is 22.2 Å². The summed E-state index contributed by atoms with van der Waals surface area (Å²) in [5, 5.41) is 3.43. The third-order valence-corrected chi connectivity index (χ3v) is 8.10. The summed E-state index contributed by atoms with van der Waals surface area (Å²) in [6, 6.07) is 11.1. The zero-order chi connectivity index (χ0) is 22.3. The molecule has 2 saturated heterocycles. The zero-order valence-electron chi connectivity index (χ0n) is 18.4. The topological polar surface area (TPSA) is 79.7 Å². The Kier molecular flexibility index (Phi) is 5.56. The predicted molar refractivity (Wildman–Crippen MR) is 126 cm³/mol. The molecule has 2 aliphatic heterocycles. The number of rotatable bonds is 5. The van der Waals surface area contributed by atoms with E-state index < -0.39 is 10.0 Å². The average molecular weight is 456 g/mol. The highest BCUT2D eigenvalue weighted by molar-refractivity contribution is 7.90. The Morgan fingerprint density at radius 1 is 1.12 bits per heavy atom. The summed E-state index contributed by atoms with van der Waals surface area (Å²) in [6.07, 6.45) is 4.57. The fourth-order valence-electron chi connectivity index (χ4n) is 4.70. The molecule has 170 valence electrons. The molecule has 1 aromatic carbocycles. The molecule has 2 aromatic heterocycles. The van der Waals surface area contributed by atoms with E-state index in [0.717, 1.165) is 50.5 Å². The van der Waals surface area contributed by atoms with Crippen molar-refractivity contribution in [1.82, 2.24) is 14.3 Å². The van der Waals surface area contributed by atoms with Crippen molar-refractivity contribution in [2.24, 2.45) is 0 Å². The van der Waals surface area contributed by atoms with Gasteiger partial charge < -0.3 is 19.9 Å². The molecule has 8 nitrogen and oxygen atoms in total. The van der Waals surface area contributed by atoms with Gasteiger partial charge in [0.15, 0.2) is 0 Å². The number of fused-ring (bicyclic) bond motifs is 1. The number of ether oxygens (including phenoxy) is 1. The van der Waals surface area contributed by atoms with Crippen molar-refractivity contribution in [3.8, 4) is 0 Å². The fourth-order valence-corrected chi connectivity index (χ4v) is 6.10. The van der Waals surface area contributed by atoms with Crippen molar-refractivity contribution in [3.05, 3.63) is 48.8 Å². The van der Waals surface area contributed by atoms with Gasteiger partial charge in [0.2, 0.25) is 0 Å². The quantitative estimate of drug-likeness (QED) is 0.632. The van der Waals surface area contributed by atoms with Crippen LogP contribution in [0.1, 0.15) is 13.3 Å². The van der Waals surface area contributed by atoms with Gasteiger partial charge in [-0.2, -0.15) is 0 Å². The van der Waals surface area contributed by atoms with E-state index in [2.05, 4.69) is 27.0 Å². The number of pyridine rings is 1. The third-order valence-electron chi connectivity index (χ3n) is 6.43. The van der Waals surface area contributed by atoms with E-state index >= 15 is 0 Å². The van der Waals surface area contributed by atoms with Crippen molar-refractivity contribution in [1.29, 1.82) is 0 Å². The van der Waals surface area contributed by atoms with Crippen LogP contribution in [0.4, 0.5) is 11.4 Å². The van der Waals surface area contributed by atoms with Crippen LogP contribution in [0, 0.1) is 0 Å². The molecule has 2 aliphatic rings. The molecule has 0 spiro atoms. The maximum Gasteiger partial charge on any atom is 0.268 e. The van der Waals surface area contributed by atoms with Gasteiger partial charge in [0.25, 0.3) is 10.0 Å². The molecule has 1 N–H and O–H groups in total. The van der Waals surface area contributed by atoms with Crippen LogP contribution in [0.15, 0.2) is 53.7 Å². The van der Waals surface area contributed by atoms with E-state index in [1.807, 2.05) is 18.2 Å². The molecule has 9 heteroatoms. The van der Waals surface area contributed by atoms with Crippen LogP contribution in [0.3, 0.4) is 0 Å². The molecule has 0 bridgehead atoms. The summed E-state index contributed by atoms with van der Waals surface area (Å²) in [4.78, 5) is 9.21. The van der Waals surface area contributed by atoms with Crippen LogP contribution in [-0.4, -0.2) is 69.4 Å². The van der Waals surface area contributed by atoms with E-state index in [4.69, 9.17) is 4.74 Å². The molecule has 2 atom stereocenters. The van der Waals surface area contributed by atoms with E-state index in [1.54, 1.807) is 37.7 Å². The number of hydrogen-bond acceptors (Lipinski definition) is 7. The van der Waals surface area contributed by atoms with Crippen molar-refractivity contribution in [2.45, 2.75) is 30.4 Å². The van der Waals surface area contributed by atoms with Crippen LogP contribution in [0.25, 0.3) is 11.0 Å². The smallest absolute Gasteiger partial charge is 0.268 e. The van der Waals surface area contributed by atoms with Crippen molar-refractivity contribution >= 4 is 32.4 Å². The lowest BCUT2D eigenvalue weighted by Gasteiger charge is -2.32. The van der Waals surface area contributed by atoms with Gasteiger partial charge in [0, 0.05) is 64.0 Å². The van der Waals surface area contributed by atoms with Crippen molar-refractivity contribution in [3.63, 3.8) is 0 Å². The lowest BCUT2D eigenvalue weighted by atomic mass is 10.2. The Bertz CT molecular complexity index is 1230. The second-order valence-electron chi connectivity index (χ2n) is 8.58. The number of benzene rings is 1. The van der Waals surface area contributed by atoms with Crippen LogP contribution < -0.4 is 15.1 Å². The van der Waals surface area contributed by atoms with Crippen molar-refractivity contribution < 1.29 is 13.2 Å². The minimum Gasteiger partial charge on any atom is -0.380 e. The van der Waals surface area contributed by atoms with Gasteiger partial charge in [-0.1, -0.05) is 6.07 Å². The summed E-state index contributed by atoms with van der Waals surface area (Å²) in [5.74, 6) is 0. The van der Waals surface area contributed by atoms with Gasteiger partial charge in [0.1, 0.15) is 5.52 Å². The second kappa shape index (κ2) is 8.38. The van der Waals surface area contributed by atoms with Gasteiger partial charge in [-0.25, -0.2) is 12.4 Å². The van der Waals surface area contributed by atoms with E-state index in [-0.39, 0.29) is 11.0 Å². The monoisotopic (exact) mass is 455 g/mol. The molecule has 2 fully saturated rings. The number of anilines is 2. The maximum absolute atomic E-state index is 13.8. The minimum atomic E-state index is -3.79. The Labute approximate surface area is 188 Å². The first kappa shape index (κ1) is 21.2. The van der Waals surface area contributed by atoms with Gasteiger partial charge in [-0.05, 0) is 43.7 Å². The number of aromatic nitrogens is 2. The van der Waals surface area contributed by atoms with Crippen molar-refractivity contribution in [2.75, 3.05) is 49.6 Å². The van der Waals surface area contributed by atoms with Gasteiger partial charge in [-0.3, -0.25) is 4.98 Å². The summed E-state index contributed by atoms with van der Waals surface area (Å²) >= 11 is 0. The number of hydrogen-bond donors (Lipinski definition) is 1. The third kappa shape index (κ3) is 3.74. The molecule has 32 heavy (non-hydrogen) atoms. The zero-order valence-corrected chi connectivity index (χ0v) is 19.3. The van der Waals surface area contributed by atoms with Crippen LogP contribution >= 0.6 is 0 Å². The predicted octanol–water partition coefficient (Wildman–Crippen LogP) is 2.30. The Balaban J connectivity index is 1.55. The highest BCUT2D eigenvalue weighted by Crippen LogP contribution is 2.32. The average Bonchev–Trinajstić information content (AvgIpc) is 3.45. The van der Waals surface area contributed by atoms with E-state index in [0.29, 0.717) is 17.1 Å². The van der Waals surface area contributed by atoms with Gasteiger partial charge in [-0.15, -0.1) is 0 Å². The van der Waals surface area contributed by atoms with Crippen LogP contribution in [0.5, 0.6) is 0 Å². The van der Waals surface area contributed by atoms with Crippen LogP contribution in [0.2, 0.25) is 0 Å². The lowest BCUT2D eigenvalue weighted by Crippen LogP contribution is -2.49. The molecular weight excluding hydrogens is 426 g/mol. The first-order chi connectivity index (χ1) is 15.5. The molecule has 5 rings (SSSR count). The van der Waals surface area contributed by atoms with Crippen LogP contribution in [-0.2, 0) is 14.8 Å². The van der Waals surface area contributed by atoms with E-state index in [9.17, 15) is 8.42 Å². The maximum atomic E-state index is 13.8. The molecule has 3 aromatic rings. The normalized spacial score (nSPS) is 22.1. The molecule has 0 amide bonds. The highest BCUT2D eigenvalue weighted by Gasteiger charge is 2.27. The Morgan fingerprint density at radius 3 is 2.78 bits per heavy atom. The molecule has 0 radical (unpaired) electrons. The lowest BCUT2D eigenvalue weighted by molar-refractivity contribution is 0.121. The minimum absolute atomic E-state index is 0.179. The number of nitrogens with one attached hydrogen (secondary N) is 1. The molecule has 0 saturated carbocycles. The Morgan fingerprint density at radius 2 is 2.00 bits per heavy atom. The van der Waals surface area contributed by atoms with E-state index in [1.165, 1.54) is 3.97 Å². The first-order valence-electron chi connectivity index (χ1n) is 11.0. The molecule has 0 unspecified atom stereocenters. The number of piperazine rings is 1. The largest absolute Gasteiger partial charge is 0.380 e. The summed E-state index contributed by atoms with van der Waals surface area (Å²) < 4.78 is 34.4. The summed E-state index contributed by atoms with van der Waals surface area (Å²) in [7, 11) is -2.07. The Hall–Kier alpha value is -2.62. The SMILES string of the molecule is CO[C@H]1CCN(c2cccc(S(=O)(=O)n3cc(N4CCN[C@@H](C)C4)c4ncccc43)c2)C1. The molecular formula is C23H29N5O3S. The first-order valence-corrected chi connectivity index (χ1v) is 12.5. The van der Waals surface area contributed by atoms with Gasteiger partial charge >= 0.3 is 0 Å². The molecule has 4 heterocycles. The fraction of sp³-hybridized carbons (Fsp3) is 0.435. The standard InChI is InChI=1S/C23H29N5O3S/c1-17-14-27(12-10-24-17)22-16-28(21-7-4-9-25-23(21)22)32(29,30)20-6-3-5-18(13-20)26-11-8-19(15-26)31-2/h3-7,9,13,16-17,19,24H,8,10-12,14-15H2,1-2H3/t17-,19-/m0/s1. The molecule has 0 aliphatic carbocycles. The summed E-state index contributed by atoms with van der Waals surface area (Å²) in [5.41, 5.74) is 3.07. The summed E-state index contributed by atoms with van der Waals surface area (Å²) in [6.45, 7) is 6.22.